The number of imidazole rings is 1. The molecule has 4 rings (SSSR count). The van der Waals surface area contributed by atoms with E-state index in [1.54, 1.807) is 12.1 Å². The molecule has 0 unspecified atom stereocenters. The highest BCUT2D eigenvalue weighted by atomic mass is 32.2. The molecule has 0 saturated heterocycles. The van der Waals surface area contributed by atoms with Crippen LogP contribution in [0.4, 0.5) is 0 Å². The molecule has 0 fully saturated rings. The molecule has 0 aliphatic rings. The van der Waals surface area contributed by atoms with Gasteiger partial charge in [-0.3, -0.25) is 0 Å². The second-order valence-corrected chi connectivity index (χ2v) is 11.0. The highest BCUT2D eigenvalue weighted by Crippen LogP contribution is 2.18. The fraction of sp³-hybridized carbons (Fsp3) is 0.483. The van der Waals surface area contributed by atoms with Crippen molar-refractivity contribution >= 4 is 32.4 Å². The minimum absolute atomic E-state index is 0.178. The third-order valence-corrected chi connectivity index (χ3v) is 7.46. The van der Waals surface area contributed by atoms with Gasteiger partial charge in [-0.05, 0) is 44.0 Å². The first-order valence-electron chi connectivity index (χ1n) is 13.4. The van der Waals surface area contributed by atoms with Gasteiger partial charge in [0.1, 0.15) is 15.6 Å². The van der Waals surface area contributed by atoms with Crippen molar-refractivity contribution in [2.45, 2.75) is 97.0 Å². The first-order chi connectivity index (χ1) is 17.8. The summed E-state index contributed by atoms with van der Waals surface area (Å²) in [4.78, 5) is 9.79. The van der Waals surface area contributed by atoms with E-state index >= 15 is 0 Å². The van der Waals surface area contributed by atoms with E-state index in [1.807, 2.05) is 19.1 Å². The maximum Gasteiger partial charge on any atom is 0.322 e. The summed E-state index contributed by atoms with van der Waals surface area (Å²) in [6.45, 7) is 10.7. The third kappa shape index (κ3) is 7.82. The summed E-state index contributed by atoms with van der Waals surface area (Å²) >= 11 is 0. The van der Waals surface area contributed by atoms with Gasteiger partial charge in [0.15, 0.2) is 5.52 Å². The van der Waals surface area contributed by atoms with Crippen LogP contribution < -0.4 is 4.57 Å². The molecule has 4 aromatic rings. The molecular formula is C29H40N4O3S. The van der Waals surface area contributed by atoms with E-state index in [0.29, 0.717) is 0 Å². The van der Waals surface area contributed by atoms with Crippen LogP contribution in [0.3, 0.4) is 0 Å². The van der Waals surface area contributed by atoms with Crippen molar-refractivity contribution in [2.24, 2.45) is 0 Å². The van der Waals surface area contributed by atoms with E-state index in [2.05, 4.69) is 42.0 Å². The smallest absolute Gasteiger partial charge is 0.322 e. The van der Waals surface area contributed by atoms with E-state index in [0.717, 1.165) is 41.0 Å². The van der Waals surface area contributed by atoms with Gasteiger partial charge in [0.2, 0.25) is 5.82 Å². The van der Waals surface area contributed by atoms with Crippen molar-refractivity contribution in [1.82, 2.24) is 14.5 Å². The second-order valence-electron chi connectivity index (χ2n) is 9.60. The van der Waals surface area contributed by atoms with Crippen LogP contribution >= 0.6 is 0 Å². The predicted molar refractivity (Wildman–Crippen MR) is 147 cm³/mol. The quantitative estimate of drug-likeness (QED) is 0.132. The lowest BCUT2D eigenvalue weighted by Crippen LogP contribution is -2.37. The minimum Gasteiger partial charge on any atom is -0.744 e. The summed E-state index contributed by atoms with van der Waals surface area (Å²) in [6.07, 6.45) is 10.2. The van der Waals surface area contributed by atoms with Crippen molar-refractivity contribution in [2.75, 3.05) is 0 Å². The molecular weight excluding hydrogens is 484 g/mol. The number of unbranched alkanes of at least 4 members (excludes halogenated alkanes) is 6. The maximum absolute atomic E-state index is 10.4. The molecule has 0 amide bonds. The van der Waals surface area contributed by atoms with E-state index < -0.39 is 10.1 Å². The third-order valence-electron chi connectivity index (χ3n) is 6.61. The SMILES string of the molecule is CCCCCCn1c(C)[n+](CCCCCC)c2nc3ccccc3nc21.Cc1ccc(S(=O)(=O)[O-])cc1. The lowest BCUT2D eigenvalue weighted by atomic mass is 10.2. The molecule has 0 N–H and O–H groups in total. The van der Waals surface area contributed by atoms with Crippen molar-refractivity contribution in [1.29, 1.82) is 0 Å². The normalized spacial score (nSPS) is 11.6. The molecule has 2 aromatic heterocycles. The Balaban J connectivity index is 0.000000289. The molecule has 8 heteroatoms. The Labute approximate surface area is 221 Å². The Morgan fingerprint density at radius 2 is 1.41 bits per heavy atom. The van der Waals surface area contributed by atoms with Crippen LogP contribution in [-0.2, 0) is 23.2 Å². The molecule has 0 aliphatic heterocycles. The van der Waals surface area contributed by atoms with Crippen molar-refractivity contribution < 1.29 is 17.5 Å². The molecule has 0 atom stereocenters. The Morgan fingerprint density at radius 1 is 0.811 bits per heavy atom. The number of para-hydroxylation sites is 2. The van der Waals surface area contributed by atoms with Gasteiger partial charge in [0.25, 0.3) is 5.65 Å². The Bertz CT molecular complexity index is 1330. The van der Waals surface area contributed by atoms with Gasteiger partial charge < -0.3 is 4.55 Å². The predicted octanol–water partition coefficient (Wildman–Crippen LogP) is 6.24. The number of hydrogen-bond donors (Lipinski definition) is 0. The molecule has 0 bridgehead atoms. The van der Waals surface area contributed by atoms with Crippen LogP contribution in [0.5, 0.6) is 0 Å². The van der Waals surface area contributed by atoms with Crippen molar-refractivity contribution in [3.8, 4) is 0 Å². The highest BCUT2D eigenvalue weighted by Gasteiger charge is 2.23. The van der Waals surface area contributed by atoms with Crippen molar-refractivity contribution in [3.05, 3.63) is 59.9 Å². The number of rotatable bonds is 11. The molecule has 7 nitrogen and oxygen atoms in total. The zero-order valence-corrected chi connectivity index (χ0v) is 23.4. The van der Waals surface area contributed by atoms with Gasteiger partial charge >= 0.3 is 5.65 Å². The fourth-order valence-corrected chi connectivity index (χ4v) is 4.90. The van der Waals surface area contributed by atoms with E-state index in [1.165, 1.54) is 69.3 Å². The molecule has 2 heterocycles. The average molecular weight is 525 g/mol. The van der Waals surface area contributed by atoms with Gasteiger partial charge in [-0.25, -0.2) is 22.5 Å². The maximum atomic E-state index is 10.4. The number of aromatic nitrogens is 4. The Kier molecular flexibility index (Phi) is 10.6. The first-order valence-corrected chi connectivity index (χ1v) is 14.8. The summed E-state index contributed by atoms with van der Waals surface area (Å²) in [5.74, 6) is 1.29. The monoisotopic (exact) mass is 524 g/mol. The summed E-state index contributed by atoms with van der Waals surface area (Å²) < 4.78 is 36.0. The molecule has 200 valence electrons. The summed E-state index contributed by atoms with van der Waals surface area (Å²) in [5.41, 5.74) is 5.01. The van der Waals surface area contributed by atoms with Crippen LogP contribution in [-0.4, -0.2) is 27.5 Å². The summed E-state index contributed by atoms with van der Waals surface area (Å²) in [7, 11) is -4.27. The lowest BCUT2D eigenvalue weighted by Gasteiger charge is -2.05. The van der Waals surface area contributed by atoms with E-state index in [9.17, 15) is 13.0 Å². The highest BCUT2D eigenvalue weighted by molar-refractivity contribution is 7.85. The van der Waals surface area contributed by atoms with Crippen LogP contribution in [0.2, 0.25) is 0 Å². The molecule has 37 heavy (non-hydrogen) atoms. The van der Waals surface area contributed by atoms with Crippen LogP contribution in [0.25, 0.3) is 22.3 Å². The van der Waals surface area contributed by atoms with Crippen LogP contribution in [0.1, 0.15) is 76.6 Å². The zero-order chi connectivity index (χ0) is 26.8. The van der Waals surface area contributed by atoms with Crippen LogP contribution in [0.15, 0.2) is 53.4 Å². The van der Waals surface area contributed by atoms with E-state index in [-0.39, 0.29) is 4.90 Å². The number of fused-ring (bicyclic) bond motifs is 2. The number of benzene rings is 2. The minimum atomic E-state index is -4.27. The average Bonchev–Trinajstić information content (AvgIpc) is 3.13. The van der Waals surface area contributed by atoms with E-state index in [4.69, 9.17) is 9.97 Å². The molecule has 0 spiro atoms. The number of hydrogen-bond acceptors (Lipinski definition) is 5. The summed E-state index contributed by atoms with van der Waals surface area (Å²) in [5, 5.41) is 0. The van der Waals surface area contributed by atoms with Gasteiger partial charge in [0.05, 0.1) is 18.0 Å². The molecule has 0 aliphatic carbocycles. The molecule has 0 radical (unpaired) electrons. The van der Waals surface area contributed by atoms with Gasteiger partial charge in [-0.15, -0.1) is 0 Å². The molecule has 2 aromatic carbocycles. The topological polar surface area (TPSA) is 91.8 Å². The lowest BCUT2D eigenvalue weighted by molar-refractivity contribution is -0.680. The first kappa shape index (κ1) is 28.7. The number of nitrogens with zero attached hydrogens (tertiary/aromatic N) is 4. The Morgan fingerprint density at radius 3 is 2.00 bits per heavy atom. The van der Waals surface area contributed by atoms with Crippen LogP contribution in [0, 0.1) is 13.8 Å². The van der Waals surface area contributed by atoms with Gasteiger partial charge in [-0.2, -0.15) is 0 Å². The fourth-order valence-electron chi connectivity index (χ4n) is 4.43. The standard InChI is InChI=1S/C22H33N4.C7H8O3S/c1-4-6-8-12-16-25-18(3)26(17-13-9-7-5-2)22-21(25)23-19-14-10-11-15-20(19)24-22;1-6-2-4-7(5-3-6)11(8,9)10/h10-11,14-15H,4-9,12-13,16-17H2,1-3H3;2-5H,1H3,(H,8,9,10)/q+1;/p-1. The van der Waals surface area contributed by atoms with Gasteiger partial charge in [-0.1, -0.05) is 87.2 Å². The largest absolute Gasteiger partial charge is 0.744 e. The van der Waals surface area contributed by atoms with Crippen molar-refractivity contribution in [3.63, 3.8) is 0 Å². The number of aryl methyl sites for hydroxylation is 3. The molecule has 0 saturated carbocycles. The Hall–Kier alpha value is -2.84. The van der Waals surface area contributed by atoms with Gasteiger partial charge in [0, 0.05) is 6.92 Å². The second kappa shape index (κ2) is 13.6. The summed E-state index contributed by atoms with van der Waals surface area (Å²) in [6, 6.07) is 14.0. The zero-order valence-electron chi connectivity index (χ0n) is 22.6.